The van der Waals surface area contributed by atoms with E-state index in [2.05, 4.69) is 10.6 Å². The van der Waals surface area contributed by atoms with Gasteiger partial charge in [0.15, 0.2) is 0 Å². The summed E-state index contributed by atoms with van der Waals surface area (Å²) in [6, 6.07) is 17.2. The standard InChI is InChI=1S/C19H23N3O2/c1-20-19(24)17-10-8-16(9-11-17)13-22(2)14-18(23)21-12-15-6-4-3-5-7-15/h3-11H,12-14H2,1-2H3,(H,20,24)(H,21,23). The number of nitrogens with one attached hydrogen (secondary N) is 2. The summed E-state index contributed by atoms with van der Waals surface area (Å²) in [5, 5.41) is 5.51. The van der Waals surface area contributed by atoms with Crippen LogP contribution in [-0.2, 0) is 17.9 Å². The van der Waals surface area contributed by atoms with Gasteiger partial charge in [-0.1, -0.05) is 42.5 Å². The second-order valence-corrected chi connectivity index (χ2v) is 5.71. The lowest BCUT2D eigenvalue weighted by atomic mass is 10.1. The lowest BCUT2D eigenvalue weighted by molar-refractivity contribution is -0.122. The van der Waals surface area contributed by atoms with Gasteiger partial charge < -0.3 is 10.6 Å². The van der Waals surface area contributed by atoms with Gasteiger partial charge in [-0.15, -0.1) is 0 Å². The van der Waals surface area contributed by atoms with Crippen molar-refractivity contribution < 1.29 is 9.59 Å². The van der Waals surface area contributed by atoms with E-state index < -0.39 is 0 Å². The van der Waals surface area contributed by atoms with Crippen LogP contribution < -0.4 is 10.6 Å². The maximum absolute atomic E-state index is 12.0. The van der Waals surface area contributed by atoms with Gasteiger partial charge in [0.1, 0.15) is 0 Å². The molecule has 0 aliphatic heterocycles. The summed E-state index contributed by atoms with van der Waals surface area (Å²) in [7, 11) is 3.51. The number of rotatable bonds is 7. The van der Waals surface area contributed by atoms with Gasteiger partial charge in [-0.2, -0.15) is 0 Å². The van der Waals surface area contributed by atoms with Gasteiger partial charge in [0, 0.05) is 25.7 Å². The predicted molar refractivity (Wildman–Crippen MR) is 94.5 cm³/mol. The van der Waals surface area contributed by atoms with Crippen LogP contribution in [0.1, 0.15) is 21.5 Å². The molecule has 0 saturated heterocycles. The Bertz CT molecular complexity index is 669. The highest BCUT2D eigenvalue weighted by Crippen LogP contribution is 2.07. The Kier molecular flexibility index (Phi) is 6.51. The molecule has 0 atom stereocenters. The van der Waals surface area contributed by atoms with Gasteiger partial charge in [0.05, 0.1) is 6.54 Å². The molecule has 2 aromatic carbocycles. The van der Waals surface area contributed by atoms with E-state index >= 15 is 0 Å². The number of hydrogen-bond donors (Lipinski definition) is 2. The van der Waals surface area contributed by atoms with Crippen LogP contribution in [0.3, 0.4) is 0 Å². The van der Waals surface area contributed by atoms with E-state index in [9.17, 15) is 9.59 Å². The van der Waals surface area contributed by atoms with Crippen LogP contribution in [0.2, 0.25) is 0 Å². The van der Waals surface area contributed by atoms with Crippen molar-refractivity contribution in [3.05, 3.63) is 71.3 Å². The monoisotopic (exact) mass is 325 g/mol. The minimum Gasteiger partial charge on any atom is -0.355 e. The van der Waals surface area contributed by atoms with Gasteiger partial charge in [-0.3, -0.25) is 14.5 Å². The Labute approximate surface area is 142 Å². The Balaban J connectivity index is 1.78. The normalized spacial score (nSPS) is 10.5. The maximum Gasteiger partial charge on any atom is 0.251 e. The van der Waals surface area contributed by atoms with Crippen LogP contribution in [0.5, 0.6) is 0 Å². The van der Waals surface area contributed by atoms with Crippen molar-refractivity contribution in [1.29, 1.82) is 0 Å². The molecule has 5 heteroatoms. The molecule has 0 heterocycles. The van der Waals surface area contributed by atoms with Crippen LogP contribution in [0.4, 0.5) is 0 Å². The van der Waals surface area contributed by atoms with E-state index in [1.165, 1.54) is 0 Å². The average Bonchev–Trinajstić information content (AvgIpc) is 2.60. The van der Waals surface area contributed by atoms with Gasteiger partial charge in [0.25, 0.3) is 5.91 Å². The molecule has 2 aromatic rings. The van der Waals surface area contributed by atoms with Crippen molar-refractivity contribution in [1.82, 2.24) is 15.5 Å². The number of benzene rings is 2. The number of hydrogen-bond acceptors (Lipinski definition) is 3. The van der Waals surface area contributed by atoms with Crippen molar-refractivity contribution in [3.8, 4) is 0 Å². The number of carbonyl (C=O) groups is 2. The van der Waals surface area contributed by atoms with Gasteiger partial charge in [-0.25, -0.2) is 0 Å². The highest BCUT2D eigenvalue weighted by Gasteiger charge is 2.08. The lowest BCUT2D eigenvalue weighted by Crippen LogP contribution is -2.34. The summed E-state index contributed by atoms with van der Waals surface area (Å²) >= 11 is 0. The summed E-state index contributed by atoms with van der Waals surface area (Å²) < 4.78 is 0. The SMILES string of the molecule is CNC(=O)c1ccc(CN(C)CC(=O)NCc2ccccc2)cc1. The number of amides is 2. The van der Waals surface area contributed by atoms with E-state index in [1.807, 2.05) is 54.4 Å². The second-order valence-electron chi connectivity index (χ2n) is 5.71. The maximum atomic E-state index is 12.0. The zero-order chi connectivity index (χ0) is 17.4. The first-order valence-corrected chi connectivity index (χ1v) is 7.88. The first-order chi connectivity index (χ1) is 11.6. The molecule has 0 bridgehead atoms. The third-order valence-corrected chi connectivity index (χ3v) is 3.64. The van der Waals surface area contributed by atoms with Crippen LogP contribution in [0, 0.1) is 0 Å². The number of carbonyl (C=O) groups excluding carboxylic acids is 2. The van der Waals surface area contributed by atoms with Crippen LogP contribution >= 0.6 is 0 Å². The third-order valence-electron chi connectivity index (χ3n) is 3.64. The largest absolute Gasteiger partial charge is 0.355 e. The van der Waals surface area contributed by atoms with Crippen molar-refractivity contribution >= 4 is 11.8 Å². The fourth-order valence-corrected chi connectivity index (χ4v) is 2.37. The molecular weight excluding hydrogens is 302 g/mol. The zero-order valence-corrected chi connectivity index (χ0v) is 14.1. The minimum atomic E-state index is -0.102. The number of nitrogens with zero attached hydrogens (tertiary/aromatic N) is 1. The topological polar surface area (TPSA) is 61.4 Å². The van der Waals surface area contributed by atoms with Gasteiger partial charge >= 0.3 is 0 Å². The Morgan fingerprint density at radius 2 is 1.62 bits per heavy atom. The van der Waals surface area contributed by atoms with Crippen LogP contribution in [0.25, 0.3) is 0 Å². The summed E-state index contributed by atoms with van der Waals surface area (Å²) in [4.78, 5) is 25.4. The van der Waals surface area contributed by atoms with Gasteiger partial charge in [-0.05, 0) is 30.3 Å². The molecule has 0 aliphatic rings. The molecule has 0 aromatic heterocycles. The summed E-state index contributed by atoms with van der Waals surface area (Å²) in [5.74, 6) is -0.112. The molecule has 2 N–H and O–H groups in total. The Morgan fingerprint density at radius 1 is 0.958 bits per heavy atom. The van der Waals surface area contributed by atoms with Crippen molar-refractivity contribution in [2.45, 2.75) is 13.1 Å². The molecule has 0 spiro atoms. The molecule has 0 radical (unpaired) electrons. The molecule has 2 amide bonds. The molecule has 24 heavy (non-hydrogen) atoms. The first-order valence-electron chi connectivity index (χ1n) is 7.88. The molecule has 2 rings (SSSR count). The molecule has 5 nitrogen and oxygen atoms in total. The van der Waals surface area contributed by atoms with Gasteiger partial charge in [0.2, 0.25) is 5.91 Å². The van der Waals surface area contributed by atoms with Crippen LogP contribution in [0.15, 0.2) is 54.6 Å². The Morgan fingerprint density at radius 3 is 2.25 bits per heavy atom. The van der Waals surface area contributed by atoms with Crippen LogP contribution in [-0.4, -0.2) is 37.4 Å². The van der Waals surface area contributed by atoms with E-state index in [4.69, 9.17) is 0 Å². The quantitative estimate of drug-likeness (QED) is 0.816. The molecule has 0 unspecified atom stereocenters. The third kappa shape index (κ3) is 5.52. The summed E-state index contributed by atoms with van der Waals surface area (Å²) in [5.41, 5.74) is 2.77. The lowest BCUT2D eigenvalue weighted by Gasteiger charge is -2.16. The van der Waals surface area contributed by atoms with E-state index in [0.29, 0.717) is 25.2 Å². The van der Waals surface area contributed by atoms with E-state index in [0.717, 1.165) is 11.1 Å². The van der Waals surface area contributed by atoms with Crippen molar-refractivity contribution in [3.63, 3.8) is 0 Å². The van der Waals surface area contributed by atoms with Crippen molar-refractivity contribution in [2.75, 3.05) is 20.6 Å². The Hall–Kier alpha value is -2.66. The number of likely N-dealkylation sites (N-methyl/N-ethyl adjacent to an activating group) is 1. The summed E-state index contributed by atoms with van der Waals surface area (Å²) in [6.07, 6.45) is 0. The molecule has 0 saturated carbocycles. The minimum absolute atomic E-state index is 0.0108. The first kappa shape index (κ1) is 17.7. The molecule has 0 fully saturated rings. The fraction of sp³-hybridized carbons (Fsp3) is 0.263. The van der Waals surface area contributed by atoms with E-state index in [1.54, 1.807) is 19.2 Å². The smallest absolute Gasteiger partial charge is 0.251 e. The fourth-order valence-electron chi connectivity index (χ4n) is 2.37. The molecule has 126 valence electrons. The average molecular weight is 325 g/mol. The van der Waals surface area contributed by atoms with E-state index in [-0.39, 0.29) is 11.8 Å². The highest BCUT2D eigenvalue weighted by atomic mass is 16.2. The second kappa shape index (κ2) is 8.84. The molecule has 0 aliphatic carbocycles. The van der Waals surface area contributed by atoms with Crippen molar-refractivity contribution in [2.24, 2.45) is 0 Å². The highest BCUT2D eigenvalue weighted by molar-refractivity contribution is 5.93. The molecular formula is C19H23N3O2. The zero-order valence-electron chi connectivity index (χ0n) is 14.1. The predicted octanol–water partition coefficient (Wildman–Crippen LogP) is 1.79. The summed E-state index contributed by atoms with van der Waals surface area (Å²) in [6.45, 7) is 1.51.